The van der Waals surface area contributed by atoms with Gasteiger partial charge < -0.3 is 24.3 Å². The maximum Gasteiger partial charge on any atom is 0.307 e. The van der Waals surface area contributed by atoms with Crippen LogP contribution in [-0.2, 0) is 11.2 Å². The van der Waals surface area contributed by atoms with Gasteiger partial charge in [0.05, 0.1) is 33.4 Å². The lowest BCUT2D eigenvalue weighted by molar-refractivity contribution is -0.136. The summed E-state index contributed by atoms with van der Waals surface area (Å²) in [6, 6.07) is 8.88. The monoisotopic (exact) mass is 375 g/mol. The van der Waals surface area contributed by atoms with E-state index in [0.717, 1.165) is 10.9 Å². The first-order valence-corrected chi connectivity index (χ1v) is 8.19. The lowest BCUT2D eigenvalue weighted by Crippen LogP contribution is -2.02. The number of fused-ring (bicyclic) bond motifs is 1. The Kier molecular flexibility index (Phi) is 4.95. The molecular formula is C19H18ClNO5. The van der Waals surface area contributed by atoms with Crippen molar-refractivity contribution in [2.24, 2.45) is 0 Å². The first kappa shape index (κ1) is 17.9. The number of nitrogens with one attached hydrogen (secondary N) is 1. The molecule has 0 aliphatic heterocycles. The normalized spacial score (nSPS) is 10.8. The summed E-state index contributed by atoms with van der Waals surface area (Å²) in [5.74, 6) is 0.472. The molecule has 0 atom stereocenters. The smallest absolute Gasteiger partial charge is 0.307 e. The quantitative estimate of drug-likeness (QED) is 0.676. The Labute approximate surface area is 155 Å². The Balaban J connectivity index is 2.33. The summed E-state index contributed by atoms with van der Waals surface area (Å²) in [7, 11) is 4.59. The van der Waals surface area contributed by atoms with Gasteiger partial charge in [-0.05, 0) is 35.9 Å². The van der Waals surface area contributed by atoms with Crippen LogP contribution in [0.4, 0.5) is 0 Å². The fourth-order valence-corrected chi connectivity index (χ4v) is 3.25. The highest BCUT2D eigenvalue weighted by Gasteiger charge is 2.23. The van der Waals surface area contributed by atoms with Gasteiger partial charge in [-0.15, -0.1) is 0 Å². The summed E-state index contributed by atoms with van der Waals surface area (Å²) in [4.78, 5) is 14.7. The Morgan fingerprint density at radius 2 is 1.81 bits per heavy atom. The molecule has 26 heavy (non-hydrogen) atoms. The summed E-state index contributed by atoms with van der Waals surface area (Å²) >= 11 is 6.11. The molecule has 2 aromatic carbocycles. The van der Waals surface area contributed by atoms with Gasteiger partial charge >= 0.3 is 5.97 Å². The van der Waals surface area contributed by atoms with E-state index in [-0.39, 0.29) is 6.42 Å². The molecule has 0 amide bonds. The molecule has 0 saturated heterocycles. The van der Waals surface area contributed by atoms with E-state index in [9.17, 15) is 9.90 Å². The highest BCUT2D eigenvalue weighted by molar-refractivity contribution is 6.31. The van der Waals surface area contributed by atoms with E-state index in [4.69, 9.17) is 25.8 Å². The van der Waals surface area contributed by atoms with E-state index in [1.54, 1.807) is 24.3 Å². The predicted octanol–water partition coefficient (Wildman–Crippen LogP) is 4.14. The van der Waals surface area contributed by atoms with E-state index >= 15 is 0 Å². The number of carboxylic acid groups (broad SMARTS) is 1. The Morgan fingerprint density at radius 3 is 2.42 bits per heavy atom. The maximum atomic E-state index is 11.4. The molecule has 2 N–H and O–H groups in total. The van der Waals surface area contributed by atoms with E-state index in [2.05, 4.69) is 4.98 Å². The minimum absolute atomic E-state index is 0.160. The zero-order chi connectivity index (χ0) is 18.8. The van der Waals surface area contributed by atoms with Crippen LogP contribution in [0.1, 0.15) is 5.56 Å². The fraction of sp³-hybridized carbons (Fsp3) is 0.211. The first-order valence-electron chi connectivity index (χ1n) is 7.81. The number of rotatable bonds is 6. The van der Waals surface area contributed by atoms with Crippen LogP contribution in [-0.4, -0.2) is 37.4 Å². The Bertz CT molecular complexity index is 980. The summed E-state index contributed by atoms with van der Waals surface area (Å²) < 4.78 is 16.3. The van der Waals surface area contributed by atoms with Crippen LogP contribution in [0.3, 0.4) is 0 Å². The maximum absolute atomic E-state index is 11.4. The Morgan fingerprint density at radius 1 is 1.08 bits per heavy atom. The summed E-state index contributed by atoms with van der Waals surface area (Å²) in [6.45, 7) is 0. The average Bonchev–Trinajstić information content (AvgIpc) is 2.97. The van der Waals surface area contributed by atoms with E-state index in [1.165, 1.54) is 21.3 Å². The zero-order valence-electron chi connectivity index (χ0n) is 14.6. The van der Waals surface area contributed by atoms with Crippen molar-refractivity contribution < 1.29 is 24.1 Å². The number of H-pyrrole nitrogens is 1. The highest BCUT2D eigenvalue weighted by atomic mass is 35.5. The molecule has 0 unspecified atom stereocenters. The van der Waals surface area contributed by atoms with Crippen molar-refractivity contribution in [1.82, 2.24) is 4.98 Å². The largest absolute Gasteiger partial charge is 0.493 e. The summed E-state index contributed by atoms with van der Waals surface area (Å²) in [6.07, 6.45) is -0.160. The number of carboxylic acids is 1. The minimum Gasteiger partial charge on any atom is -0.493 e. The number of hydrogen-bond acceptors (Lipinski definition) is 4. The van der Waals surface area contributed by atoms with Crippen molar-refractivity contribution >= 4 is 28.5 Å². The number of aromatic amines is 1. The zero-order valence-corrected chi connectivity index (χ0v) is 15.3. The molecule has 6 nitrogen and oxygen atoms in total. The van der Waals surface area contributed by atoms with Crippen molar-refractivity contribution in [2.75, 3.05) is 21.3 Å². The van der Waals surface area contributed by atoms with Crippen molar-refractivity contribution in [3.63, 3.8) is 0 Å². The number of aromatic nitrogens is 1. The second kappa shape index (κ2) is 7.17. The molecule has 1 heterocycles. The first-order chi connectivity index (χ1) is 12.5. The van der Waals surface area contributed by atoms with Gasteiger partial charge in [0.25, 0.3) is 0 Å². The van der Waals surface area contributed by atoms with Crippen molar-refractivity contribution in [1.29, 1.82) is 0 Å². The standard InChI is InChI=1S/C19H18ClNO5/c1-24-15-7-5-11(18(25-2)19(15)26-3)17-13(9-16(22)23)12-8-10(20)4-6-14(12)21-17/h4-8,21H,9H2,1-3H3,(H,22,23). The van der Waals surface area contributed by atoms with Crippen molar-refractivity contribution in [3.8, 4) is 28.5 Å². The molecule has 0 aliphatic carbocycles. The SMILES string of the molecule is COc1ccc(-c2[nH]c3ccc(Cl)cc3c2CC(=O)O)c(OC)c1OC. The average molecular weight is 376 g/mol. The number of halogens is 1. The van der Waals surface area contributed by atoms with Gasteiger partial charge in [0.2, 0.25) is 5.75 Å². The van der Waals surface area contributed by atoms with Gasteiger partial charge in [0.15, 0.2) is 11.5 Å². The lowest BCUT2D eigenvalue weighted by atomic mass is 10.0. The molecule has 0 spiro atoms. The lowest BCUT2D eigenvalue weighted by Gasteiger charge is -2.16. The van der Waals surface area contributed by atoms with Crippen molar-refractivity contribution in [2.45, 2.75) is 6.42 Å². The van der Waals surface area contributed by atoms with E-state index in [1.807, 2.05) is 6.07 Å². The molecule has 1 aromatic heterocycles. The van der Waals surface area contributed by atoms with Gasteiger partial charge in [0.1, 0.15) is 0 Å². The topological polar surface area (TPSA) is 80.8 Å². The third kappa shape index (κ3) is 3.04. The number of hydrogen-bond donors (Lipinski definition) is 2. The molecule has 0 bridgehead atoms. The van der Waals surface area contributed by atoms with Gasteiger partial charge in [-0.3, -0.25) is 4.79 Å². The second-order valence-electron chi connectivity index (χ2n) is 5.62. The number of aliphatic carboxylic acids is 1. The number of ether oxygens (including phenoxy) is 3. The molecule has 3 aromatic rings. The molecule has 7 heteroatoms. The molecule has 3 rings (SSSR count). The number of carbonyl (C=O) groups is 1. The second-order valence-corrected chi connectivity index (χ2v) is 6.06. The van der Waals surface area contributed by atoms with Crippen LogP contribution in [0.15, 0.2) is 30.3 Å². The van der Waals surface area contributed by atoms with Gasteiger partial charge in [-0.1, -0.05) is 11.6 Å². The van der Waals surface area contributed by atoms with Crippen LogP contribution in [0.25, 0.3) is 22.2 Å². The van der Waals surface area contributed by atoms with Gasteiger partial charge in [-0.25, -0.2) is 0 Å². The van der Waals surface area contributed by atoms with Crippen LogP contribution >= 0.6 is 11.6 Å². The van der Waals surface area contributed by atoms with Crippen LogP contribution in [0.5, 0.6) is 17.2 Å². The molecule has 0 fully saturated rings. The van der Waals surface area contributed by atoms with Crippen LogP contribution in [0.2, 0.25) is 5.02 Å². The highest BCUT2D eigenvalue weighted by Crippen LogP contribution is 2.46. The van der Waals surface area contributed by atoms with Gasteiger partial charge in [0, 0.05) is 21.5 Å². The minimum atomic E-state index is -0.938. The molecule has 0 radical (unpaired) electrons. The molecular weight excluding hydrogens is 358 g/mol. The number of benzene rings is 2. The molecule has 0 saturated carbocycles. The van der Waals surface area contributed by atoms with Crippen molar-refractivity contribution in [3.05, 3.63) is 40.9 Å². The summed E-state index contributed by atoms with van der Waals surface area (Å²) in [5, 5.41) is 10.7. The van der Waals surface area contributed by atoms with Crippen LogP contribution in [0, 0.1) is 0 Å². The fourth-order valence-electron chi connectivity index (χ4n) is 3.08. The molecule has 0 aliphatic rings. The summed E-state index contributed by atoms with van der Waals surface area (Å²) in [5.41, 5.74) is 2.73. The van der Waals surface area contributed by atoms with E-state index in [0.29, 0.717) is 39.1 Å². The molecule has 136 valence electrons. The number of methoxy groups -OCH3 is 3. The Hall–Kier alpha value is -2.86. The van der Waals surface area contributed by atoms with Crippen LogP contribution < -0.4 is 14.2 Å². The van der Waals surface area contributed by atoms with E-state index < -0.39 is 5.97 Å². The van der Waals surface area contributed by atoms with Gasteiger partial charge in [-0.2, -0.15) is 0 Å². The third-order valence-electron chi connectivity index (χ3n) is 4.17. The predicted molar refractivity (Wildman–Crippen MR) is 99.7 cm³/mol. The third-order valence-corrected chi connectivity index (χ3v) is 4.40.